The van der Waals surface area contributed by atoms with E-state index < -0.39 is 28.5 Å². The van der Waals surface area contributed by atoms with Crippen molar-refractivity contribution in [3.05, 3.63) is 99.5 Å². The maximum absolute atomic E-state index is 13.9. The molecule has 0 radical (unpaired) electrons. The van der Waals surface area contributed by atoms with E-state index in [2.05, 4.69) is 5.32 Å². The highest BCUT2D eigenvalue weighted by Gasteiger charge is 2.33. The number of hydrogen-bond acceptors (Lipinski definition) is 4. The second-order valence-electron chi connectivity index (χ2n) is 8.98. The molecule has 2 amide bonds. The first-order valence-electron chi connectivity index (χ1n) is 12.1. The molecule has 3 rings (SSSR count). The first-order chi connectivity index (χ1) is 18.0. The Kier molecular flexibility index (Phi) is 10.2. The Labute approximate surface area is 234 Å². The number of rotatable bonds is 11. The SMILES string of the molecule is CCNC(=O)[C@H](Cc1ccccc1)N(Cc1ccc(Cl)c(Cl)c1)C(=O)CN(c1cccc(C)c1)S(C)(=O)=O. The second kappa shape index (κ2) is 13.1. The van der Waals surface area contributed by atoms with Crippen LogP contribution in [0.15, 0.2) is 72.8 Å². The number of anilines is 1. The third-order valence-electron chi connectivity index (χ3n) is 5.93. The minimum Gasteiger partial charge on any atom is -0.355 e. The van der Waals surface area contributed by atoms with Crippen LogP contribution in [0, 0.1) is 6.92 Å². The molecular weight excluding hydrogens is 545 g/mol. The van der Waals surface area contributed by atoms with E-state index in [0.717, 1.165) is 21.7 Å². The first kappa shape index (κ1) is 29.5. The van der Waals surface area contributed by atoms with Crippen molar-refractivity contribution in [1.29, 1.82) is 0 Å². The van der Waals surface area contributed by atoms with Crippen molar-refractivity contribution in [2.45, 2.75) is 32.9 Å². The molecule has 202 valence electrons. The summed E-state index contributed by atoms with van der Waals surface area (Å²) in [5.41, 5.74) is 2.72. The monoisotopic (exact) mass is 575 g/mol. The zero-order valence-corrected chi connectivity index (χ0v) is 23.9. The van der Waals surface area contributed by atoms with Crippen molar-refractivity contribution < 1.29 is 18.0 Å². The predicted octanol–water partition coefficient (Wildman–Crippen LogP) is 4.84. The van der Waals surface area contributed by atoms with Crippen LogP contribution < -0.4 is 9.62 Å². The number of carbonyl (C=O) groups excluding carboxylic acids is 2. The third kappa shape index (κ3) is 7.96. The second-order valence-corrected chi connectivity index (χ2v) is 11.7. The molecule has 0 spiro atoms. The summed E-state index contributed by atoms with van der Waals surface area (Å²) in [5, 5.41) is 3.49. The molecule has 0 bridgehead atoms. The van der Waals surface area contributed by atoms with Crippen LogP contribution in [0.2, 0.25) is 10.0 Å². The molecule has 1 atom stereocenters. The van der Waals surface area contributed by atoms with Gasteiger partial charge in [-0.2, -0.15) is 0 Å². The molecular formula is C28H31Cl2N3O4S. The molecule has 0 aromatic heterocycles. The van der Waals surface area contributed by atoms with Crippen LogP contribution in [0.1, 0.15) is 23.6 Å². The Morgan fingerprint density at radius 2 is 1.63 bits per heavy atom. The molecule has 3 aromatic rings. The standard InChI is InChI=1S/C28H31Cl2N3O4S/c1-4-31-28(35)26(17-21-10-6-5-7-11-21)32(18-22-13-14-24(29)25(30)16-22)27(34)19-33(38(3,36)37)23-12-8-9-20(2)15-23/h5-16,26H,4,17-19H2,1-3H3,(H,31,35)/t26-/m0/s1. The Bertz CT molecular complexity index is 1380. The number of nitrogens with zero attached hydrogens (tertiary/aromatic N) is 2. The van der Waals surface area contributed by atoms with Crippen LogP contribution in [-0.4, -0.2) is 50.5 Å². The Balaban J connectivity index is 2.05. The molecule has 0 aliphatic heterocycles. The van der Waals surface area contributed by atoms with Gasteiger partial charge in [0, 0.05) is 19.5 Å². The molecule has 0 saturated heterocycles. The first-order valence-corrected chi connectivity index (χ1v) is 14.7. The molecule has 10 heteroatoms. The summed E-state index contributed by atoms with van der Waals surface area (Å²) < 4.78 is 26.6. The molecule has 1 N–H and O–H groups in total. The lowest BCUT2D eigenvalue weighted by Crippen LogP contribution is -2.53. The average Bonchev–Trinajstić information content (AvgIpc) is 2.86. The van der Waals surface area contributed by atoms with Crippen molar-refractivity contribution >= 4 is 50.7 Å². The van der Waals surface area contributed by atoms with Gasteiger partial charge in [-0.15, -0.1) is 0 Å². The number of hydrogen-bond donors (Lipinski definition) is 1. The summed E-state index contributed by atoms with van der Waals surface area (Å²) in [6.45, 7) is 3.56. The van der Waals surface area contributed by atoms with Gasteiger partial charge in [0.25, 0.3) is 0 Å². The van der Waals surface area contributed by atoms with Gasteiger partial charge in [-0.1, -0.05) is 71.7 Å². The zero-order chi connectivity index (χ0) is 27.9. The van der Waals surface area contributed by atoms with E-state index in [4.69, 9.17) is 23.2 Å². The highest BCUT2D eigenvalue weighted by molar-refractivity contribution is 7.92. The van der Waals surface area contributed by atoms with Crippen LogP contribution in [0.4, 0.5) is 5.69 Å². The maximum Gasteiger partial charge on any atom is 0.244 e. The van der Waals surface area contributed by atoms with E-state index in [0.29, 0.717) is 27.8 Å². The van der Waals surface area contributed by atoms with E-state index in [1.807, 2.05) is 43.3 Å². The number of likely N-dealkylation sites (N-methyl/N-ethyl adjacent to an activating group) is 1. The fourth-order valence-corrected chi connectivity index (χ4v) is 5.24. The van der Waals surface area contributed by atoms with Crippen molar-refractivity contribution in [3.8, 4) is 0 Å². The fraction of sp³-hybridized carbons (Fsp3) is 0.286. The van der Waals surface area contributed by atoms with E-state index in [1.54, 1.807) is 43.3 Å². The average molecular weight is 577 g/mol. The molecule has 0 aliphatic rings. The summed E-state index contributed by atoms with van der Waals surface area (Å²) in [5.74, 6) is -0.874. The van der Waals surface area contributed by atoms with Crippen LogP contribution >= 0.6 is 23.2 Å². The zero-order valence-electron chi connectivity index (χ0n) is 21.5. The third-order valence-corrected chi connectivity index (χ3v) is 7.81. The van der Waals surface area contributed by atoms with Crippen molar-refractivity contribution in [2.75, 3.05) is 23.7 Å². The van der Waals surface area contributed by atoms with Crippen molar-refractivity contribution in [2.24, 2.45) is 0 Å². The largest absolute Gasteiger partial charge is 0.355 e. The van der Waals surface area contributed by atoms with Gasteiger partial charge in [-0.05, 0) is 54.8 Å². The van der Waals surface area contributed by atoms with Crippen molar-refractivity contribution in [3.63, 3.8) is 0 Å². The quantitative estimate of drug-likeness (QED) is 0.354. The number of halogens is 2. The van der Waals surface area contributed by atoms with E-state index in [-0.39, 0.29) is 18.9 Å². The van der Waals surface area contributed by atoms with Gasteiger partial charge in [0.15, 0.2) is 0 Å². The van der Waals surface area contributed by atoms with Gasteiger partial charge in [0.05, 0.1) is 22.0 Å². The molecule has 0 aliphatic carbocycles. The summed E-state index contributed by atoms with van der Waals surface area (Å²) in [7, 11) is -3.82. The van der Waals surface area contributed by atoms with Gasteiger partial charge in [0.1, 0.15) is 12.6 Å². The molecule has 0 saturated carbocycles. The van der Waals surface area contributed by atoms with Gasteiger partial charge in [0.2, 0.25) is 21.8 Å². The van der Waals surface area contributed by atoms with Crippen LogP contribution in [0.5, 0.6) is 0 Å². The van der Waals surface area contributed by atoms with E-state index >= 15 is 0 Å². The number of amides is 2. The van der Waals surface area contributed by atoms with E-state index in [9.17, 15) is 18.0 Å². The maximum atomic E-state index is 13.9. The highest BCUT2D eigenvalue weighted by atomic mass is 35.5. The smallest absolute Gasteiger partial charge is 0.244 e. The molecule has 7 nitrogen and oxygen atoms in total. The molecule has 0 fully saturated rings. The molecule has 0 heterocycles. The summed E-state index contributed by atoms with van der Waals surface area (Å²) in [6.07, 6.45) is 1.29. The minimum absolute atomic E-state index is 0.0236. The van der Waals surface area contributed by atoms with Gasteiger partial charge < -0.3 is 10.2 Å². The van der Waals surface area contributed by atoms with Crippen LogP contribution in [0.3, 0.4) is 0 Å². The molecule has 38 heavy (non-hydrogen) atoms. The van der Waals surface area contributed by atoms with Crippen molar-refractivity contribution in [1.82, 2.24) is 10.2 Å². The minimum atomic E-state index is -3.82. The molecule has 0 unspecified atom stereocenters. The number of aryl methyl sites for hydroxylation is 1. The summed E-state index contributed by atoms with van der Waals surface area (Å²) in [6, 6.07) is 20.3. The predicted molar refractivity (Wildman–Crippen MR) is 153 cm³/mol. The topological polar surface area (TPSA) is 86.8 Å². The Hall–Kier alpha value is -3.07. The van der Waals surface area contributed by atoms with E-state index in [1.165, 1.54) is 4.90 Å². The summed E-state index contributed by atoms with van der Waals surface area (Å²) in [4.78, 5) is 28.7. The van der Waals surface area contributed by atoms with Gasteiger partial charge >= 0.3 is 0 Å². The number of sulfonamides is 1. The fourth-order valence-electron chi connectivity index (χ4n) is 4.08. The van der Waals surface area contributed by atoms with Gasteiger partial charge in [-0.3, -0.25) is 13.9 Å². The highest BCUT2D eigenvalue weighted by Crippen LogP contribution is 2.25. The lowest BCUT2D eigenvalue weighted by atomic mass is 10.0. The Morgan fingerprint density at radius 3 is 2.24 bits per heavy atom. The Morgan fingerprint density at radius 1 is 0.921 bits per heavy atom. The molecule has 3 aromatic carbocycles. The number of nitrogens with one attached hydrogen (secondary N) is 1. The normalized spacial score (nSPS) is 12.0. The van der Waals surface area contributed by atoms with Gasteiger partial charge in [-0.25, -0.2) is 8.42 Å². The summed E-state index contributed by atoms with van der Waals surface area (Å²) >= 11 is 12.3. The van der Waals surface area contributed by atoms with Crippen LogP contribution in [0.25, 0.3) is 0 Å². The number of carbonyl (C=O) groups is 2. The lowest BCUT2D eigenvalue weighted by molar-refractivity contribution is -0.140. The lowest BCUT2D eigenvalue weighted by Gasteiger charge is -2.33. The number of benzene rings is 3. The van der Waals surface area contributed by atoms with Crippen LogP contribution in [-0.2, 0) is 32.6 Å².